The molecule has 0 radical (unpaired) electrons. The van der Waals surface area contributed by atoms with Gasteiger partial charge in [-0.05, 0) is 12.8 Å². The van der Waals surface area contributed by atoms with E-state index in [1.54, 1.807) is 0 Å². The third-order valence-electron chi connectivity index (χ3n) is 3.47. The minimum Gasteiger partial charge on any atom is -0.409 e. The van der Waals surface area contributed by atoms with Crippen molar-refractivity contribution in [2.24, 2.45) is 10.9 Å². The highest BCUT2D eigenvalue weighted by molar-refractivity contribution is 5.85. The van der Waals surface area contributed by atoms with Gasteiger partial charge in [0.2, 0.25) is 0 Å². The number of hydrogen-bond donors (Lipinski definition) is 2. The second-order valence-electron chi connectivity index (χ2n) is 4.75. The maximum absolute atomic E-state index is 12.1. The molecule has 0 saturated carbocycles. The van der Waals surface area contributed by atoms with Gasteiger partial charge in [0.15, 0.2) is 5.84 Å². The quantitative estimate of drug-likeness (QED) is 0.309. The van der Waals surface area contributed by atoms with Gasteiger partial charge in [-0.3, -0.25) is 9.29 Å². The van der Waals surface area contributed by atoms with E-state index in [9.17, 15) is 4.39 Å². The van der Waals surface area contributed by atoms with Crippen LogP contribution >= 0.6 is 0 Å². The van der Waals surface area contributed by atoms with E-state index in [0.717, 1.165) is 45.6 Å². The molecule has 1 rings (SSSR count). The maximum atomic E-state index is 12.1. The van der Waals surface area contributed by atoms with Crippen LogP contribution in [0.25, 0.3) is 0 Å². The van der Waals surface area contributed by atoms with E-state index < -0.39 is 0 Å². The largest absolute Gasteiger partial charge is 0.409 e. The Hall–Kier alpha value is -0.880. The number of piperazine rings is 1. The van der Waals surface area contributed by atoms with Gasteiger partial charge in [0.25, 0.3) is 0 Å². The number of amidine groups is 1. The molecule has 106 valence electrons. The number of hydrogen-bond acceptors (Lipinski definition) is 4. The van der Waals surface area contributed by atoms with Crippen molar-refractivity contribution in [3.05, 3.63) is 0 Å². The molecule has 0 amide bonds. The molecule has 0 bridgehead atoms. The highest BCUT2D eigenvalue weighted by Gasteiger charge is 2.25. The van der Waals surface area contributed by atoms with Gasteiger partial charge < -0.3 is 15.8 Å². The van der Waals surface area contributed by atoms with Crippen molar-refractivity contribution < 1.29 is 9.60 Å². The van der Waals surface area contributed by atoms with Crippen molar-refractivity contribution in [1.82, 2.24) is 9.80 Å². The Morgan fingerprint density at radius 1 is 1.39 bits per heavy atom. The molecule has 1 aliphatic rings. The van der Waals surface area contributed by atoms with Gasteiger partial charge in [-0.15, -0.1) is 0 Å². The molecular weight excluding hydrogens is 235 g/mol. The van der Waals surface area contributed by atoms with Crippen molar-refractivity contribution in [3.63, 3.8) is 0 Å². The molecule has 1 atom stereocenters. The molecule has 6 heteroatoms. The summed E-state index contributed by atoms with van der Waals surface area (Å²) in [5.41, 5.74) is 5.74. The Balaban J connectivity index is 2.43. The van der Waals surface area contributed by atoms with E-state index in [1.807, 2.05) is 0 Å². The fraction of sp³-hybridized carbons (Fsp3) is 0.917. The highest BCUT2D eigenvalue weighted by Crippen LogP contribution is 2.11. The van der Waals surface area contributed by atoms with Crippen LogP contribution in [0.5, 0.6) is 0 Å². The summed E-state index contributed by atoms with van der Waals surface area (Å²) in [5.74, 6) is 0.300. The zero-order valence-corrected chi connectivity index (χ0v) is 11.2. The number of nitrogens with zero attached hydrogens (tertiary/aromatic N) is 3. The Labute approximate surface area is 108 Å². The molecule has 3 N–H and O–H groups in total. The minimum absolute atomic E-state index is 0.0309. The zero-order chi connectivity index (χ0) is 13.4. The van der Waals surface area contributed by atoms with E-state index in [0.29, 0.717) is 12.3 Å². The summed E-state index contributed by atoms with van der Waals surface area (Å²) >= 11 is 0. The standard InChI is InChI=1S/C12H25FN4O/c1-2-4-11(12(14)15-18)17-9-7-16(8-10-17)6-3-5-13/h11,18H,2-10H2,1H3,(H2,14,15). The van der Waals surface area contributed by atoms with Crippen molar-refractivity contribution in [3.8, 4) is 0 Å². The van der Waals surface area contributed by atoms with E-state index in [2.05, 4.69) is 21.9 Å². The molecule has 0 aromatic heterocycles. The lowest BCUT2D eigenvalue weighted by molar-refractivity contribution is 0.110. The van der Waals surface area contributed by atoms with Crippen LogP contribution < -0.4 is 5.73 Å². The first-order chi connectivity index (χ1) is 8.72. The summed E-state index contributed by atoms with van der Waals surface area (Å²) in [5, 5.41) is 12.0. The first-order valence-electron chi connectivity index (χ1n) is 6.72. The fourth-order valence-corrected chi connectivity index (χ4v) is 2.44. The average Bonchev–Trinajstić information content (AvgIpc) is 2.42. The van der Waals surface area contributed by atoms with Crippen LogP contribution in [0, 0.1) is 0 Å². The second-order valence-corrected chi connectivity index (χ2v) is 4.75. The Morgan fingerprint density at radius 3 is 2.56 bits per heavy atom. The Bertz CT molecular complexity index is 254. The molecule has 1 heterocycles. The molecule has 1 fully saturated rings. The number of nitrogens with two attached hydrogens (primary N) is 1. The zero-order valence-electron chi connectivity index (χ0n) is 11.2. The summed E-state index contributed by atoms with van der Waals surface area (Å²) in [7, 11) is 0. The van der Waals surface area contributed by atoms with Crippen molar-refractivity contribution in [2.75, 3.05) is 39.4 Å². The summed E-state index contributed by atoms with van der Waals surface area (Å²) < 4.78 is 12.1. The Kier molecular flexibility index (Phi) is 6.97. The number of alkyl halides is 1. The third kappa shape index (κ3) is 4.42. The van der Waals surface area contributed by atoms with Crippen molar-refractivity contribution >= 4 is 5.84 Å². The highest BCUT2D eigenvalue weighted by atomic mass is 19.1. The lowest BCUT2D eigenvalue weighted by atomic mass is 10.1. The SMILES string of the molecule is CCCC(C(N)=NO)N1CCN(CCCF)CC1. The number of rotatable bonds is 7. The van der Waals surface area contributed by atoms with E-state index in [-0.39, 0.29) is 12.7 Å². The summed E-state index contributed by atoms with van der Waals surface area (Å²) in [6.07, 6.45) is 2.52. The molecule has 1 saturated heterocycles. The summed E-state index contributed by atoms with van der Waals surface area (Å²) in [4.78, 5) is 4.52. The van der Waals surface area contributed by atoms with Crippen molar-refractivity contribution in [2.45, 2.75) is 32.2 Å². The van der Waals surface area contributed by atoms with Crippen LogP contribution in [0.15, 0.2) is 5.16 Å². The molecule has 0 spiro atoms. The topological polar surface area (TPSA) is 65.1 Å². The lowest BCUT2D eigenvalue weighted by Crippen LogP contribution is -2.54. The molecule has 1 unspecified atom stereocenters. The number of oxime groups is 1. The van der Waals surface area contributed by atoms with Crippen molar-refractivity contribution in [1.29, 1.82) is 0 Å². The summed E-state index contributed by atoms with van der Waals surface area (Å²) in [6, 6.07) is 0.0309. The first kappa shape index (κ1) is 15.2. The molecule has 0 aromatic carbocycles. The molecule has 18 heavy (non-hydrogen) atoms. The smallest absolute Gasteiger partial charge is 0.156 e. The van der Waals surface area contributed by atoms with Crippen LogP contribution in [-0.4, -0.2) is 66.3 Å². The second kappa shape index (κ2) is 8.26. The molecule has 0 aliphatic carbocycles. The normalized spacial score (nSPS) is 21.1. The van der Waals surface area contributed by atoms with Gasteiger partial charge in [0.1, 0.15) is 0 Å². The molecule has 5 nitrogen and oxygen atoms in total. The average molecular weight is 260 g/mol. The predicted octanol–water partition coefficient (Wildman–Crippen LogP) is 0.879. The molecular formula is C12H25FN4O. The lowest BCUT2D eigenvalue weighted by Gasteiger charge is -2.38. The van der Waals surface area contributed by atoms with Crippen LogP contribution in [-0.2, 0) is 0 Å². The van der Waals surface area contributed by atoms with Crippen LogP contribution in [0.2, 0.25) is 0 Å². The van der Waals surface area contributed by atoms with Gasteiger partial charge in [-0.1, -0.05) is 18.5 Å². The summed E-state index contributed by atoms with van der Waals surface area (Å²) in [6.45, 7) is 6.32. The van der Waals surface area contributed by atoms with Gasteiger partial charge in [-0.25, -0.2) is 0 Å². The van der Waals surface area contributed by atoms with E-state index in [4.69, 9.17) is 10.9 Å². The first-order valence-corrected chi connectivity index (χ1v) is 6.72. The van der Waals surface area contributed by atoms with E-state index >= 15 is 0 Å². The minimum atomic E-state index is -0.247. The van der Waals surface area contributed by atoms with Gasteiger partial charge in [0.05, 0.1) is 12.7 Å². The maximum Gasteiger partial charge on any atom is 0.156 e. The predicted molar refractivity (Wildman–Crippen MR) is 70.7 cm³/mol. The van der Waals surface area contributed by atoms with Crippen LogP contribution in [0.4, 0.5) is 4.39 Å². The van der Waals surface area contributed by atoms with E-state index in [1.165, 1.54) is 0 Å². The van der Waals surface area contributed by atoms with Gasteiger partial charge >= 0.3 is 0 Å². The number of halogens is 1. The third-order valence-corrected chi connectivity index (χ3v) is 3.47. The Morgan fingerprint density at radius 2 is 2.06 bits per heavy atom. The molecule has 1 aliphatic heterocycles. The monoisotopic (exact) mass is 260 g/mol. The van der Waals surface area contributed by atoms with Crippen LogP contribution in [0.1, 0.15) is 26.2 Å². The fourth-order valence-electron chi connectivity index (χ4n) is 2.44. The molecule has 0 aromatic rings. The van der Waals surface area contributed by atoms with Gasteiger partial charge in [0, 0.05) is 32.7 Å². The van der Waals surface area contributed by atoms with Crippen LogP contribution in [0.3, 0.4) is 0 Å². The van der Waals surface area contributed by atoms with Gasteiger partial charge in [-0.2, -0.15) is 0 Å².